The molecule has 2 fully saturated rings. The number of pyridine rings is 1. The molecular weight excluding hydrogens is 262 g/mol. The van der Waals surface area contributed by atoms with Crippen molar-refractivity contribution >= 4 is 5.69 Å². The van der Waals surface area contributed by atoms with Crippen LogP contribution in [0.1, 0.15) is 44.7 Å². The van der Waals surface area contributed by atoms with E-state index in [1.54, 1.807) is 0 Å². The molecule has 116 valence electrons. The molecular formula is C17H27N3O. The first-order valence-electron chi connectivity index (χ1n) is 8.41. The van der Waals surface area contributed by atoms with Crippen molar-refractivity contribution in [1.82, 2.24) is 9.88 Å². The fourth-order valence-corrected chi connectivity index (χ4v) is 3.52. The third-order valence-electron chi connectivity index (χ3n) is 4.61. The lowest BCUT2D eigenvalue weighted by Crippen LogP contribution is -2.52. The van der Waals surface area contributed by atoms with Crippen LogP contribution in [0.5, 0.6) is 0 Å². The zero-order chi connectivity index (χ0) is 14.5. The number of rotatable bonds is 5. The highest BCUT2D eigenvalue weighted by Gasteiger charge is 2.34. The zero-order valence-electron chi connectivity index (χ0n) is 13.1. The van der Waals surface area contributed by atoms with Crippen LogP contribution < -0.4 is 5.32 Å². The van der Waals surface area contributed by atoms with E-state index in [4.69, 9.17) is 4.74 Å². The minimum absolute atomic E-state index is 0.453. The van der Waals surface area contributed by atoms with Crippen molar-refractivity contribution in [2.24, 2.45) is 0 Å². The molecule has 1 aromatic heterocycles. The van der Waals surface area contributed by atoms with Crippen molar-refractivity contribution in [3.63, 3.8) is 0 Å². The summed E-state index contributed by atoms with van der Waals surface area (Å²) in [5.74, 6) is 0. The Labute approximate surface area is 127 Å². The second-order valence-electron chi connectivity index (χ2n) is 6.19. The Morgan fingerprint density at radius 3 is 3.19 bits per heavy atom. The lowest BCUT2D eigenvalue weighted by molar-refractivity contribution is -0.0914. The van der Waals surface area contributed by atoms with Crippen LogP contribution in [0, 0.1) is 0 Å². The lowest BCUT2D eigenvalue weighted by Gasteiger charge is -2.43. The monoisotopic (exact) mass is 289 g/mol. The molecule has 1 N–H and O–H groups in total. The van der Waals surface area contributed by atoms with Gasteiger partial charge in [0.1, 0.15) is 0 Å². The molecule has 1 aliphatic heterocycles. The first kappa shape index (κ1) is 14.8. The quantitative estimate of drug-likeness (QED) is 0.904. The van der Waals surface area contributed by atoms with Crippen molar-refractivity contribution < 1.29 is 4.74 Å². The minimum Gasteiger partial charge on any atom is -0.385 e. The van der Waals surface area contributed by atoms with E-state index >= 15 is 0 Å². The van der Waals surface area contributed by atoms with E-state index in [0.29, 0.717) is 12.1 Å². The van der Waals surface area contributed by atoms with Crippen molar-refractivity contribution in [2.45, 2.75) is 57.7 Å². The van der Waals surface area contributed by atoms with Crippen LogP contribution in [0.4, 0.5) is 5.69 Å². The number of nitrogens with one attached hydrogen (secondary N) is 1. The standard InChI is InChI=1S/C17H27N3O/c1-2-8-18-14-7-9-19-15(12-14)13-20-10-11-21-17-6-4-3-5-16(17)20/h7,9,12,16-17H,2-6,8,10-11,13H2,1H3,(H,18,19). The van der Waals surface area contributed by atoms with Gasteiger partial charge < -0.3 is 10.1 Å². The fourth-order valence-electron chi connectivity index (χ4n) is 3.52. The number of ether oxygens (including phenoxy) is 1. The topological polar surface area (TPSA) is 37.4 Å². The summed E-state index contributed by atoms with van der Waals surface area (Å²) < 4.78 is 5.95. The van der Waals surface area contributed by atoms with Gasteiger partial charge in [0.05, 0.1) is 18.4 Å². The maximum absolute atomic E-state index is 5.95. The normalized spacial score (nSPS) is 26.3. The van der Waals surface area contributed by atoms with E-state index in [0.717, 1.165) is 32.7 Å². The molecule has 4 nitrogen and oxygen atoms in total. The average molecular weight is 289 g/mol. The van der Waals surface area contributed by atoms with Crippen molar-refractivity contribution in [3.8, 4) is 0 Å². The molecule has 1 aromatic rings. The zero-order valence-corrected chi connectivity index (χ0v) is 13.1. The Balaban J connectivity index is 1.64. The molecule has 1 saturated heterocycles. The lowest BCUT2D eigenvalue weighted by atomic mass is 9.90. The van der Waals surface area contributed by atoms with E-state index in [1.165, 1.54) is 37.1 Å². The number of hydrogen-bond acceptors (Lipinski definition) is 4. The number of morpholine rings is 1. The Morgan fingerprint density at radius 2 is 2.29 bits per heavy atom. The van der Waals surface area contributed by atoms with Crippen LogP contribution in [0.15, 0.2) is 18.3 Å². The molecule has 2 heterocycles. The van der Waals surface area contributed by atoms with Crippen LogP contribution in [0.3, 0.4) is 0 Å². The van der Waals surface area contributed by atoms with E-state index in [2.05, 4.69) is 34.3 Å². The molecule has 3 rings (SSSR count). The molecule has 0 bridgehead atoms. The number of fused-ring (bicyclic) bond motifs is 1. The van der Waals surface area contributed by atoms with Gasteiger partial charge in [-0.25, -0.2) is 0 Å². The van der Waals surface area contributed by atoms with Gasteiger partial charge in [-0.2, -0.15) is 0 Å². The fraction of sp³-hybridized carbons (Fsp3) is 0.706. The highest BCUT2D eigenvalue weighted by atomic mass is 16.5. The molecule has 0 spiro atoms. The Hall–Kier alpha value is -1.13. The van der Waals surface area contributed by atoms with Crippen LogP contribution in [0.25, 0.3) is 0 Å². The van der Waals surface area contributed by atoms with Gasteiger partial charge in [-0.15, -0.1) is 0 Å². The van der Waals surface area contributed by atoms with Crippen LogP contribution in [0.2, 0.25) is 0 Å². The number of nitrogens with zero attached hydrogens (tertiary/aromatic N) is 2. The number of hydrogen-bond donors (Lipinski definition) is 1. The second kappa shape index (κ2) is 7.23. The van der Waals surface area contributed by atoms with Gasteiger partial charge in [0.25, 0.3) is 0 Å². The van der Waals surface area contributed by atoms with E-state index in [1.807, 2.05) is 6.20 Å². The first-order valence-corrected chi connectivity index (χ1v) is 8.41. The van der Waals surface area contributed by atoms with Gasteiger partial charge >= 0.3 is 0 Å². The Bertz CT molecular complexity index is 449. The predicted molar refractivity (Wildman–Crippen MR) is 85.4 cm³/mol. The van der Waals surface area contributed by atoms with Crippen LogP contribution in [-0.4, -0.2) is 41.7 Å². The highest BCUT2D eigenvalue weighted by molar-refractivity contribution is 5.43. The Kier molecular flexibility index (Phi) is 5.09. The summed E-state index contributed by atoms with van der Waals surface area (Å²) in [6.45, 7) is 6.06. The maximum Gasteiger partial charge on any atom is 0.0731 e. The molecule has 4 heteroatoms. The molecule has 1 saturated carbocycles. The van der Waals surface area contributed by atoms with Gasteiger partial charge in [-0.1, -0.05) is 19.8 Å². The summed E-state index contributed by atoms with van der Waals surface area (Å²) in [7, 11) is 0. The summed E-state index contributed by atoms with van der Waals surface area (Å²) in [6, 6.07) is 4.85. The number of anilines is 1. The molecule has 0 aromatic carbocycles. The summed E-state index contributed by atoms with van der Waals surface area (Å²) in [4.78, 5) is 7.14. The largest absolute Gasteiger partial charge is 0.385 e. The summed E-state index contributed by atoms with van der Waals surface area (Å²) in [5.41, 5.74) is 2.36. The molecule has 21 heavy (non-hydrogen) atoms. The summed E-state index contributed by atoms with van der Waals surface area (Å²) >= 11 is 0. The third-order valence-corrected chi connectivity index (χ3v) is 4.61. The van der Waals surface area contributed by atoms with Gasteiger partial charge in [0, 0.05) is 37.6 Å². The van der Waals surface area contributed by atoms with Crippen molar-refractivity contribution in [2.75, 3.05) is 25.0 Å². The molecule has 2 atom stereocenters. The van der Waals surface area contributed by atoms with Gasteiger partial charge in [0.15, 0.2) is 0 Å². The van der Waals surface area contributed by atoms with Gasteiger partial charge in [-0.05, 0) is 31.4 Å². The van der Waals surface area contributed by atoms with Gasteiger partial charge in [-0.3, -0.25) is 9.88 Å². The molecule has 2 unspecified atom stereocenters. The predicted octanol–water partition coefficient (Wildman–Crippen LogP) is 3.05. The molecule has 0 radical (unpaired) electrons. The number of aromatic nitrogens is 1. The van der Waals surface area contributed by atoms with Crippen LogP contribution >= 0.6 is 0 Å². The van der Waals surface area contributed by atoms with Crippen LogP contribution in [-0.2, 0) is 11.3 Å². The average Bonchev–Trinajstić information content (AvgIpc) is 2.54. The van der Waals surface area contributed by atoms with E-state index < -0.39 is 0 Å². The van der Waals surface area contributed by atoms with E-state index in [9.17, 15) is 0 Å². The minimum atomic E-state index is 0.453. The van der Waals surface area contributed by atoms with Gasteiger partial charge in [0.2, 0.25) is 0 Å². The Morgan fingerprint density at radius 1 is 1.38 bits per heavy atom. The summed E-state index contributed by atoms with van der Waals surface area (Å²) in [6.07, 6.45) is 8.69. The van der Waals surface area contributed by atoms with Crippen molar-refractivity contribution in [3.05, 3.63) is 24.0 Å². The molecule has 1 aliphatic carbocycles. The highest BCUT2D eigenvalue weighted by Crippen LogP contribution is 2.29. The van der Waals surface area contributed by atoms with E-state index in [-0.39, 0.29) is 0 Å². The first-order chi connectivity index (χ1) is 10.4. The second-order valence-corrected chi connectivity index (χ2v) is 6.19. The SMILES string of the molecule is CCCNc1ccnc(CN2CCOC3CCCCC32)c1. The summed E-state index contributed by atoms with van der Waals surface area (Å²) in [5, 5.41) is 3.45. The smallest absolute Gasteiger partial charge is 0.0731 e. The van der Waals surface area contributed by atoms with Crippen molar-refractivity contribution in [1.29, 1.82) is 0 Å². The third kappa shape index (κ3) is 3.74. The molecule has 0 amide bonds. The molecule has 2 aliphatic rings. The maximum atomic E-state index is 5.95.